The van der Waals surface area contributed by atoms with Gasteiger partial charge in [-0.1, -0.05) is 38.3 Å². The van der Waals surface area contributed by atoms with Crippen molar-refractivity contribution in [3.63, 3.8) is 0 Å². The van der Waals surface area contributed by atoms with Crippen LogP contribution in [0.15, 0.2) is 18.2 Å². The lowest BCUT2D eigenvalue weighted by molar-refractivity contribution is 0.165. The first-order valence-corrected chi connectivity index (χ1v) is 11.4. The minimum Gasteiger partial charge on any atom is -0.497 e. The number of nitrogens with zero attached hydrogens (tertiary/aromatic N) is 3. The molecule has 1 aromatic carbocycles. The van der Waals surface area contributed by atoms with Crippen molar-refractivity contribution in [2.24, 2.45) is 0 Å². The summed E-state index contributed by atoms with van der Waals surface area (Å²) in [6.07, 6.45) is 7.56. The maximum atomic E-state index is 6.63. The molecule has 4 rings (SSSR count). The monoisotopic (exact) mass is 427 g/mol. The van der Waals surface area contributed by atoms with Crippen LogP contribution in [0.5, 0.6) is 11.6 Å². The maximum Gasteiger partial charge on any atom is 0.221 e. The highest BCUT2D eigenvalue weighted by Crippen LogP contribution is 2.39. The number of aryl methyl sites for hydroxylation is 2. The van der Waals surface area contributed by atoms with Gasteiger partial charge < -0.3 is 9.47 Å². The summed E-state index contributed by atoms with van der Waals surface area (Å²) in [5, 5.41) is 5.53. The number of aromatic nitrogens is 3. The molecular weight excluding hydrogens is 398 g/mol. The van der Waals surface area contributed by atoms with E-state index in [9.17, 15) is 0 Å². The molecule has 0 aliphatic heterocycles. The van der Waals surface area contributed by atoms with E-state index >= 15 is 0 Å². The third-order valence-electron chi connectivity index (χ3n) is 5.86. The lowest BCUT2D eigenvalue weighted by Crippen LogP contribution is -2.19. The molecule has 5 nitrogen and oxygen atoms in total. The van der Waals surface area contributed by atoms with E-state index in [2.05, 4.69) is 13.8 Å². The summed E-state index contributed by atoms with van der Waals surface area (Å²) in [7, 11) is 1.66. The zero-order valence-corrected chi connectivity index (χ0v) is 19.1. The summed E-state index contributed by atoms with van der Waals surface area (Å²) in [6.45, 7) is 6.42. The zero-order valence-electron chi connectivity index (χ0n) is 18.3. The number of ether oxygens (including phenoxy) is 2. The van der Waals surface area contributed by atoms with Crippen molar-refractivity contribution < 1.29 is 9.47 Å². The van der Waals surface area contributed by atoms with Crippen molar-refractivity contribution in [3.8, 4) is 22.8 Å². The molecule has 2 heterocycles. The molecule has 0 unspecified atom stereocenters. The molecule has 6 heteroatoms. The quantitative estimate of drug-likeness (QED) is 0.429. The van der Waals surface area contributed by atoms with E-state index in [1.165, 1.54) is 5.56 Å². The van der Waals surface area contributed by atoms with Crippen molar-refractivity contribution >= 4 is 17.2 Å². The molecule has 160 valence electrons. The summed E-state index contributed by atoms with van der Waals surface area (Å²) in [4.78, 5) is 5.03. The van der Waals surface area contributed by atoms with E-state index in [0.29, 0.717) is 5.02 Å². The van der Waals surface area contributed by atoms with E-state index in [4.69, 9.17) is 31.2 Å². The number of hydrogen-bond acceptors (Lipinski definition) is 4. The summed E-state index contributed by atoms with van der Waals surface area (Å²) in [5.41, 5.74) is 5.87. The van der Waals surface area contributed by atoms with Gasteiger partial charge in [0.25, 0.3) is 0 Å². The van der Waals surface area contributed by atoms with Gasteiger partial charge in [0.15, 0.2) is 5.65 Å². The molecule has 0 atom stereocenters. The van der Waals surface area contributed by atoms with Crippen LogP contribution in [0.2, 0.25) is 5.02 Å². The summed E-state index contributed by atoms with van der Waals surface area (Å²) < 4.78 is 14.0. The molecule has 0 bridgehead atoms. The third-order valence-corrected chi connectivity index (χ3v) is 6.19. The van der Waals surface area contributed by atoms with Crippen LogP contribution >= 0.6 is 11.6 Å². The van der Waals surface area contributed by atoms with Gasteiger partial charge in [-0.15, -0.1) is 0 Å². The fourth-order valence-corrected chi connectivity index (χ4v) is 4.63. The second-order valence-corrected chi connectivity index (χ2v) is 8.46. The number of methoxy groups -OCH3 is 1. The lowest BCUT2D eigenvalue weighted by Gasteiger charge is -2.20. The molecule has 1 aliphatic rings. The molecule has 0 saturated carbocycles. The van der Waals surface area contributed by atoms with Crippen molar-refractivity contribution in [2.45, 2.75) is 71.8 Å². The third kappa shape index (κ3) is 3.76. The van der Waals surface area contributed by atoms with Gasteiger partial charge in [0.05, 0.1) is 24.1 Å². The number of hydrogen-bond donors (Lipinski definition) is 0. The van der Waals surface area contributed by atoms with Crippen LogP contribution in [0.1, 0.15) is 62.9 Å². The van der Waals surface area contributed by atoms with Crippen LogP contribution in [0.4, 0.5) is 0 Å². The normalized spacial score (nSPS) is 13.3. The minimum absolute atomic E-state index is 0.198. The van der Waals surface area contributed by atoms with E-state index in [0.717, 1.165) is 84.7 Å². The molecule has 0 radical (unpaired) electrons. The maximum absolute atomic E-state index is 6.63. The predicted octanol–water partition coefficient (Wildman–Crippen LogP) is 6.20. The van der Waals surface area contributed by atoms with Crippen LogP contribution in [-0.4, -0.2) is 27.8 Å². The molecule has 0 fully saturated rings. The fourth-order valence-electron chi connectivity index (χ4n) is 4.42. The highest BCUT2D eigenvalue weighted by molar-refractivity contribution is 6.33. The predicted molar refractivity (Wildman–Crippen MR) is 121 cm³/mol. The summed E-state index contributed by atoms with van der Waals surface area (Å²) in [6, 6.07) is 5.69. The highest BCUT2D eigenvalue weighted by Gasteiger charge is 2.27. The van der Waals surface area contributed by atoms with Gasteiger partial charge >= 0.3 is 0 Å². The molecule has 0 amide bonds. The molecule has 1 aliphatic carbocycles. The second kappa shape index (κ2) is 8.84. The van der Waals surface area contributed by atoms with Gasteiger partial charge in [-0.2, -0.15) is 9.61 Å². The van der Waals surface area contributed by atoms with Crippen LogP contribution < -0.4 is 9.47 Å². The first-order chi connectivity index (χ1) is 14.6. The fraction of sp³-hybridized carbons (Fsp3) is 0.500. The Labute approximate surface area is 183 Å². The van der Waals surface area contributed by atoms with Crippen LogP contribution in [0, 0.1) is 6.92 Å². The minimum atomic E-state index is 0.198. The number of rotatable bonds is 8. The van der Waals surface area contributed by atoms with E-state index in [1.54, 1.807) is 7.11 Å². The zero-order chi connectivity index (χ0) is 21.3. The van der Waals surface area contributed by atoms with Gasteiger partial charge in [0.1, 0.15) is 11.9 Å². The Kier molecular flexibility index (Phi) is 6.19. The SMILES string of the molecule is CCCC(CCC)Oc1c2c(nc3c(-c4cc(OC)ccc4Cl)c(C)nn13)CCC2. The molecular formula is C24H30ClN3O2. The Morgan fingerprint density at radius 2 is 1.93 bits per heavy atom. The Hall–Kier alpha value is -2.27. The van der Waals surface area contributed by atoms with E-state index in [1.807, 2.05) is 29.6 Å². The van der Waals surface area contributed by atoms with Crippen molar-refractivity contribution in [1.29, 1.82) is 0 Å². The van der Waals surface area contributed by atoms with Gasteiger partial charge in [-0.25, -0.2) is 4.98 Å². The Morgan fingerprint density at radius 3 is 2.63 bits per heavy atom. The van der Waals surface area contributed by atoms with Crippen molar-refractivity contribution in [2.75, 3.05) is 7.11 Å². The smallest absolute Gasteiger partial charge is 0.221 e. The topological polar surface area (TPSA) is 48.7 Å². The Bertz CT molecular complexity index is 1050. The average molecular weight is 428 g/mol. The van der Waals surface area contributed by atoms with Crippen molar-refractivity contribution in [1.82, 2.24) is 14.6 Å². The van der Waals surface area contributed by atoms with E-state index < -0.39 is 0 Å². The molecule has 0 saturated heterocycles. The van der Waals surface area contributed by atoms with Crippen LogP contribution in [0.25, 0.3) is 16.8 Å². The standard InChI is InChI=1S/C24H30ClN3O2/c1-5-8-16(9-6-2)30-24-18-10-7-11-21(18)26-23-22(15(3)27-28(23)24)19-14-17(29-4)12-13-20(19)25/h12-14,16H,5-11H2,1-4H3. The van der Waals surface area contributed by atoms with E-state index in [-0.39, 0.29) is 6.10 Å². The number of halogens is 1. The Balaban J connectivity index is 1.91. The first kappa shape index (κ1) is 21.0. The first-order valence-electron chi connectivity index (χ1n) is 11.0. The lowest BCUT2D eigenvalue weighted by atomic mass is 10.1. The van der Waals surface area contributed by atoms with Gasteiger partial charge in [0.2, 0.25) is 5.88 Å². The number of fused-ring (bicyclic) bond motifs is 2. The number of benzene rings is 1. The average Bonchev–Trinajstić information content (AvgIpc) is 3.32. The second-order valence-electron chi connectivity index (χ2n) is 8.05. The molecule has 2 aromatic heterocycles. The Morgan fingerprint density at radius 1 is 1.17 bits per heavy atom. The van der Waals surface area contributed by atoms with Crippen molar-refractivity contribution in [3.05, 3.63) is 40.2 Å². The molecule has 30 heavy (non-hydrogen) atoms. The van der Waals surface area contributed by atoms with Gasteiger partial charge in [0, 0.05) is 16.1 Å². The highest BCUT2D eigenvalue weighted by atomic mass is 35.5. The largest absolute Gasteiger partial charge is 0.497 e. The molecule has 3 aromatic rings. The van der Waals surface area contributed by atoms with Gasteiger partial charge in [-0.05, 0) is 57.2 Å². The molecule has 0 spiro atoms. The molecule has 0 N–H and O–H groups in total. The summed E-state index contributed by atoms with van der Waals surface area (Å²) >= 11 is 6.59. The van der Waals surface area contributed by atoms with Crippen LogP contribution in [0.3, 0.4) is 0 Å². The summed E-state index contributed by atoms with van der Waals surface area (Å²) in [5.74, 6) is 1.63. The van der Waals surface area contributed by atoms with Gasteiger partial charge in [-0.3, -0.25) is 0 Å². The van der Waals surface area contributed by atoms with Crippen LogP contribution in [-0.2, 0) is 12.8 Å².